The number of rotatable bonds is 11. The Morgan fingerprint density at radius 1 is 0.840 bits per heavy atom. The number of nitrogens with zero attached hydrogens (tertiary/aromatic N) is 1. The monoisotopic (exact) mass is 681 g/mol. The van der Waals surface area contributed by atoms with Crippen molar-refractivity contribution in [3.05, 3.63) is 89.6 Å². The van der Waals surface area contributed by atoms with E-state index in [1.807, 2.05) is 0 Å². The van der Waals surface area contributed by atoms with E-state index in [9.17, 15) is 29.2 Å². The number of ether oxygens (including phenoxy) is 3. The van der Waals surface area contributed by atoms with E-state index < -0.39 is 47.0 Å². The van der Waals surface area contributed by atoms with E-state index >= 15 is 0 Å². The Kier molecular flexibility index (Phi) is 11.3. The fourth-order valence-corrected chi connectivity index (χ4v) is 4.73. The molecule has 0 unspecified atom stereocenters. The minimum atomic E-state index is -1.17. The van der Waals surface area contributed by atoms with Gasteiger partial charge in [0.05, 0.1) is 11.1 Å². The van der Waals surface area contributed by atoms with Gasteiger partial charge >= 0.3 is 12.1 Å². The molecule has 13 nitrogen and oxygen atoms in total. The van der Waals surface area contributed by atoms with Gasteiger partial charge in [0, 0.05) is 17.8 Å². The van der Waals surface area contributed by atoms with Gasteiger partial charge in [0.2, 0.25) is 5.91 Å². The molecule has 1 heterocycles. The van der Waals surface area contributed by atoms with Crippen LogP contribution in [0.1, 0.15) is 65.5 Å². The van der Waals surface area contributed by atoms with Gasteiger partial charge in [0.25, 0.3) is 11.8 Å². The average molecular weight is 682 g/mol. The zero-order chi connectivity index (χ0) is 36.6. The third-order valence-electron chi connectivity index (χ3n) is 6.77. The van der Waals surface area contributed by atoms with Gasteiger partial charge in [-0.05, 0) is 102 Å². The van der Waals surface area contributed by atoms with Crippen LogP contribution in [-0.2, 0) is 28.7 Å². The Labute approximate surface area is 290 Å². The van der Waals surface area contributed by atoms with Crippen molar-refractivity contribution in [3.8, 4) is 17.6 Å². The molecule has 0 radical (unpaired) electrons. The summed E-state index contributed by atoms with van der Waals surface area (Å²) in [6.45, 7) is 10.2. The molecule has 1 aliphatic heterocycles. The number of hydrogen-bond acceptors (Lipinski definition) is 10. The highest BCUT2D eigenvalue weighted by Gasteiger charge is 2.32. The van der Waals surface area contributed by atoms with Gasteiger partial charge in [0.15, 0.2) is 0 Å². The Balaban J connectivity index is 1.52. The van der Waals surface area contributed by atoms with Crippen LogP contribution in [-0.4, -0.2) is 47.0 Å². The second kappa shape index (κ2) is 15.4. The molecule has 3 aromatic carbocycles. The van der Waals surface area contributed by atoms with Crippen LogP contribution in [0, 0.1) is 11.3 Å². The van der Waals surface area contributed by atoms with E-state index in [2.05, 4.69) is 27.3 Å². The Morgan fingerprint density at radius 2 is 1.52 bits per heavy atom. The van der Waals surface area contributed by atoms with E-state index in [1.165, 1.54) is 6.07 Å². The zero-order valence-corrected chi connectivity index (χ0v) is 28.6. The lowest BCUT2D eigenvalue weighted by Crippen LogP contribution is -2.46. The lowest BCUT2D eigenvalue weighted by Gasteiger charge is -2.24. The molecule has 0 saturated carbocycles. The molecule has 260 valence electrons. The summed E-state index contributed by atoms with van der Waals surface area (Å²) >= 11 is 0. The number of nitrogens with one attached hydrogen (secondary N) is 4. The summed E-state index contributed by atoms with van der Waals surface area (Å²) in [5.41, 5.74) is -0.0808. The summed E-state index contributed by atoms with van der Waals surface area (Å²) in [5, 5.41) is 19.8. The lowest BCUT2D eigenvalue weighted by molar-refractivity contribution is -0.155. The lowest BCUT2D eigenvalue weighted by atomic mass is 10.0. The van der Waals surface area contributed by atoms with Gasteiger partial charge in [0.1, 0.15) is 40.5 Å². The van der Waals surface area contributed by atoms with Crippen LogP contribution in [0.2, 0.25) is 0 Å². The standard InChI is InChI=1S/C37H39N5O8/c1-36(2,3)49-29(43)19-18-27(41-35(47)50-37(4,5)6)32(44)40-25-12-9-11-22(20-25)30-31(34(46)42-33(30)45)39-24-14-16-26(17-15-24)48-28-13-8-7-10-23(28)21-38/h7-17,20,27H,18-19H2,1-6H3,(H,40,44)(H,41,47)(H2,39,42,45,46)/t27-/m0/s1. The molecule has 4 amide bonds. The molecule has 13 heteroatoms. The van der Waals surface area contributed by atoms with Crippen molar-refractivity contribution in [2.45, 2.75) is 71.6 Å². The van der Waals surface area contributed by atoms with Crippen molar-refractivity contribution >= 4 is 46.7 Å². The van der Waals surface area contributed by atoms with Crippen molar-refractivity contribution in [2.24, 2.45) is 0 Å². The van der Waals surface area contributed by atoms with Crippen molar-refractivity contribution < 1.29 is 38.2 Å². The van der Waals surface area contributed by atoms with Crippen LogP contribution in [0.25, 0.3) is 5.57 Å². The Hall–Kier alpha value is -6.16. The topological polar surface area (TPSA) is 185 Å². The largest absolute Gasteiger partial charge is 0.460 e. The zero-order valence-electron chi connectivity index (χ0n) is 28.6. The van der Waals surface area contributed by atoms with E-state index in [1.54, 1.807) is 108 Å². The summed E-state index contributed by atoms with van der Waals surface area (Å²) in [6.07, 6.45) is -1.08. The maximum absolute atomic E-state index is 13.4. The van der Waals surface area contributed by atoms with Gasteiger partial charge in [-0.25, -0.2) is 4.79 Å². The van der Waals surface area contributed by atoms with E-state index in [-0.39, 0.29) is 29.8 Å². The first-order chi connectivity index (χ1) is 23.5. The van der Waals surface area contributed by atoms with Crippen LogP contribution in [0.15, 0.2) is 78.5 Å². The van der Waals surface area contributed by atoms with Gasteiger partial charge < -0.3 is 30.2 Å². The highest BCUT2D eigenvalue weighted by atomic mass is 16.6. The van der Waals surface area contributed by atoms with Gasteiger partial charge in [-0.3, -0.25) is 24.5 Å². The third-order valence-corrected chi connectivity index (χ3v) is 6.77. The molecule has 50 heavy (non-hydrogen) atoms. The van der Waals surface area contributed by atoms with Crippen LogP contribution in [0.3, 0.4) is 0 Å². The fourth-order valence-electron chi connectivity index (χ4n) is 4.73. The van der Waals surface area contributed by atoms with Crippen LogP contribution < -0.4 is 26.0 Å². The molecule has 1 atom stereocenters. The van der Waals surface area contributed by atoms with Crippen molar-refractivity contribution in [1.82, 2.24) is 10.6 Å². The summed E-state index contributed by atoms with van der Waals surface area (Å²) < 4.78 is 16.5. The first kappa shape index (κ1) is 36.7. The number of hydrogen-bond donors (Lipinski definition) is 4. The Bertz CT molecular complexity index is 1860. The predicted molar refractivity (Wildman–Crippen MR) is 185 cm³/mol. The minimum absolute atomic E-state index is 0.0104. The predicted octanol–water partition coefficient (Wildman–Crippen LogP) is 5.78. The molecular weight excluding hydrogens is 642 g/mol. The van der Waals surface area contributed by atoms with Gasteiger partial charge in [-0.2, -0.15) is 5.26 Å². The summed E-state index contributed by atoms with van der Waals surface area (Å²) in [5.74, 6) is -1.63. The molecule has 0 aliphatic carbocycles. The van der Waals surface area contributed by atoms with Crippen molar-refractivity contribution in [1.29, 1.82) is 5.26 Å². The molecule has 0 aromatic heterocycles. The van der Waals surface area contributed by atoms with Crippen LogP contribution >= 0.6 is 0 Å². The highest BCUT2D eigenvalue weighted by Crippen LogP contribution is 2.30. The molecule has 0 saturated heterocycles. The summed E-state index contributed by atoms with van der Waals surface area (Å²) in [7, 11) is 0. The normalized spacial score (nSPS) is 13.5. The maximum Gasteiger partial charge on any atom is 0.408 e. The molecule has 0 bridgehead atoms. The SMILES string of the molecule is CC(C)(C)OC(=O)CC[C@H](NC(=O)OC(C)(C)C)C(=O)Nc1cccc(C2=C(Nc3ccc(Oc4ccccc4C#N)cc3)C(=O)NC2=O)c1. The third kappa shape index (κ3) is 10.4. The number of para-hydroxylation sites is 1. The maximum atomic E-state index is 13.4. The quantitative estimate of drug-likeness (QED) is 0.143. The molecule has 4 rings (SSSR count). The molecule has 1 aliphatic rings. The van der Waals surface area contributed by atoms with E-state index in [0.29, 0.717) is 28.3 Å². The second-order valence-electron chi connectivity index (χ2n) is 13.3. The number of alkyl carbamates (subject to hydrolysis) is 1. The number of carbonyl (C=O) groups is 5. The van der Waals surface area contributed by atoms with Gasteiger partial charge in [-0.1, -0.05) is 24.3 Å². The molecule has 4 N–H and O–H groups in total. The molecule has 0 spiro atoms. The molecular formula is C37H39N5O8. The summed E-state index contributed by atoms with van der Waals surface area (Å²) in [6, 6.07) is 20.6. The number of imide groups is 1. The highest BCUT2D eigenvalue weighted by molar-refractivity contribution is 6.36. The minimum Gasteiger partial charge on any atom is -0.460 e. The van der Waals surface area contributed by atoms with E-state index in [4.69, 9.17) is 14.2 Å². The van der Waals surface area contributed by atoms with Crippen LogP contribution in [0.5, 0.6) is 11.5 Å². The first-order valence-corrected chi connectivity index (χ1v) is 15.8. The number of esters is 1. The second-order valence-corrected chi connectivity index (χ2v) is 13.3. The molecule has 3 aromatic rings. The van der Waals surface area contributed by atoms with Gasteiger partial charge in [-0.15, -0.1) is 0 Å². The van der Waals surface area contributed by atoms with Crippen LogP contribution in [0.4, 0.5) is 16.2 Å². The van der Waals surface area contributed by atoms with Crippen molar-refractivity contribution in [2.75, 3.05) is 10.6 Å². The van der Waals surface area contributed by atoms with Crippen molar-refractivity contribution in [3.63, 3.8) is 0 Å². The number of anilines is 2. The number of amides is 4. The van der Waals surface area contributed by atoms with E-state index in [0.717, 1.165) is 0 Å². The first-order valence-electron chi connectivity index (χ1n) is 15.8. The molecule has 0 fully saturated rings. The number of carbonyl (C=O) groups excluding carboxylic acids is 5. The smallest absolute Gasteiger partial charge is 0.408 e. The Morgan fingerprint density at radius 3 is 2.18 bits per heavy atom. The number of nitriles is 1. The number of benzene rings is 3. The fraction of sp³-hybridized carbons (Fsp3) is 0.297. The summed E-state index contributed by atoms with van der Waals surface area (Å²) in [4.78, 5) is 64.2. The average Bonchev–Trinajstić information content (AvgIpc) is 3.30.